The zero-order valence-electron chi connectivity index (χ0n) is 13.0. The molecule has 6 nitrogen and oxygen atoms in total. The Morgan fingerprint density at radius 3 is 2.45 bits per heavy atom. The fourth-order valence-electron chi connectivity index (χ4n) is 2.54. The summed E-state index contributed by atoms with van der Waals surface area (Å²) in [5.74, 6) is 0.140. The van der Waals surface area contributed by atoms with Crippen LogP contribution in [0.4, 0.5) is 5.69 Å². The highest BCUT2D eigenvalue weighted by molar-refractivity contribution is 7.92. The summed E-state index contributed by atoms with van der Waals surface area (Å²) in [5.41, 5.74) is 1.06. The molecule has 1 fully saturated rings. The van der Waals surface area contributed by atoms with Crippen LogP contribution in [0.15, 0.2) is 23.1 Å². The van der Waals surface area contributed by atoms with E-state index in [-0.39, 0.29) is 16.7 Å². The SMILES string of the molecule is Cc1cc(N2CCCCS2(=O)=O)ccc1S(=O)(=O)NC(C)C. The molecule has 1 aliphatic heterocycles. The van der Waals surface area contributed by atoms with E-state index in [4.69, 9.17) is 0 Å². The molecular formula is C14H22N2O4S2. The highest BCUT2D eigenvalue weighted by Gasteiger charge is 2.27. The highest BCUT2D eigenvalue weighted by Crippen LogP contribution is 2.27. The summed E-state index contributed by atoms with van der Waals surface area (Å²) in [6.07, 6.45) is 1.48. The van der Waals surface area contributed by atoms with Gasteiger partial charge in [0.2, 0.25) is 20.0 Å². The second-order valence-corrected chi connectivity index (χ2v) is 9.52. The topological polar surface area (TPSA) is 83.6 Å². The number of anilines is 1. The van der Waals surface area contributed by atoms with Gasteiger partial charge in [-0.15, -0.1) is 0 Å². The maximum atomic E-state index is 12.2. The first-order chi connectivity index (χ1) is 10.1. The summed E-state index contributed by atoms with van der Waals surface area (Å²) in [6.45, 7) is 5.62. The summed E-state index contributed by atoms with van der Waals surface area (Å²) in [4.78, 5) is 0.180. The van der Waals surface area contributed by atoms with Crippen LogP contribution in [-0.2, 0) is 20.0 Å². The molecule has 0 saturated carbocycles. The van der Waals surface area contributed by atoms with Gasteiger partial charge in [-0.05, 0) is 57.4 Å². The van der Waals surface area contributed by atoms with Gasteiger partial charge in [0.1, 0.15) is 0 Å². The van der Waals surface area contributed by atoms with Gasteiger partial charge in [0, 0.05) is 12.6 Å². The van der Waals surface area contributed by atoms with E-state index >= 15 is 0 Å². The molecule has 0 aromatic heterocycles. The van der Waals surface area contributed by atoms with Crippen molar-refractivity contribution in [1.82, 2.24) is 4.72 Å². The third kappa shape index (κ3) is 3.61. The minimum absolute atomic E-state index is 0.140. The molecule has 0 bridgehead atoms. The van der Waals surface area contributed by atoms with Crippen LogP contribution in [0.1, 0.15) is 32.3 Å². The molecule has 1 N–H and O–H groups in total. The summed E-state index contributed by atoms with van der Waals surface area (Å²) >= 11 is 0. The van der Waals surface area contributed by atoms with Crippen LogP contribution in [0.25, 0.3) is 0 Å². The van der Waals surface area contributed by atoms with Crippen molar-refractivity contribution in [3.63, 3.8) is 0 Å². The molecular weight excluding hydrogens is 324 g/mol. The van der Waals surface area contributed by atoms with Gasteiger partial charge in [-0.25, -0.2) is 21.6 Å². The number of nitrogens with one attached hydrogen (secondary N) is 1. The molecule has 1 saturated heterocycles. The average Bonchev–Trinajstić information content (AvgIpc) is 2.36. The summed E-state index contributed by atoms with van der Waals surface area (Å²) in [7, 11) is -6.88. The molecule has 0 unspecified atom stereocenters. The van der Waals surface area contributed by atoms with Gasteiger partial charge in [-0.2, -0.15) is 0 Å². The summed E-state index contributed by atoms with van der Waals surface area (Å²) in [5, 5.41) is 0. The van der Waals surface area contributed by atoms with Crippen LogP contribution in [0.2, 0.25) is 0 Å². The number of hydrogen-bond donors (Lipinski definition) is 1. The number of sulfonamides is 2. The Labute approximate surface area is 132 Å². The number of hydrogen-bond acceptors (Lipinski definition) is 4. The van der Waals surface area contributed by atoms with E-state index in [2.05, 4.69) is 4.72 Å². The Bertz CT molecular complexity index is 755. The minimum Gasteiger partial charge on any atom is -0.270 e. The fourth-order valence-corrected chi connectivity index (χ4v) is 5.65. The van der Waals surface area contributed by atoms with Gasteiger partial charge in [0.05, 0.1) is 16.3 Å². The van der Waals surface area contributed by atoms with Crippen molar-refractivity contribution in [1.29, 1.82) is 0 Å². The van der Waals surface area contributed by atoms with Crippen molar-refractivity contribution in [3.8, 4) is 0 Å². The van der Waals surface area contributed by atoms with Crippen molar-refractivity contribution < 1.29 is 16.8 Å². The van der Waals surface area contributed by atoms with E-state index in [1.54, 1.807) is 32.9 Å². The molecule has 2 rings (SSSR count). The van der Waals surface area contributed by atoms with Crippen molar-refractivity contribution in [2.75, 3.05) is 16.6 Å². The van der Waals surface area contributed by atoms with Crippen LogP contribution in [0.5, 0.6) is 0 Å². The molecule has 1 aromatic carbocycles. The average molecular weight is 346 g/mol. The van der Waals surface area contributed by atoms with E-state index in [1.807, 2.05) is 0 Å². The Balaban J connectivity index is 2.38. The van der Waals surface area contributed by atoms with Gasteiger partial charge in [-0.3, -0.25) is 4.31 Å². The number of benzene rings is 1. The van der Waals surface area contributed by atoms with E-state index in [0.717, 1.165) is 6.42 Å². The zero-order valence-corrected chi connectivity index (χ0v) is 14.7. The Morgan fingerprint density at radius 1 is 1.23 bits per heavy atom. The van der Waals surface area contributed by atoms with Gasteiger partial charge < -0.3 is 0 Å². The molecule has 1 heterocycles. The van der Waals surface area contributed by atoms with Crippen molar-refractivity contribution >= 4 is 25.7 Å². The van der Waals surface area contributed by atoms with Crippen LogP contribution in [0.3, 0.4) is 0 Å². The van der Waals surface area contributed by atoms with Gasteiger partial charge in [-0.1, -0.05) is 0 Å². The minimum atomic E-state index is -3.58. The first-order valence-electron chi connectivity index (χ1n) is 7.27. The van der Waals surface area contributed by atoms with E-state index in [9.17, 15) is 16.8 Å². The van der Waals surface area contributed by atoms with Crippen LogP contribution < -0.4 is 9.03 Å². The van der Waals surface area contributed by atoms with E-state index < -0.39 is 20.0 Å². The van der Waals surface area contributed by atoms with Crippen LogP contribution in [0, 0.1) is 6.92 Å². The second kappa shape index (κ2) is 6.17. The standard InChI is InChI=1S/C14H22N2O4S2/c1-11(2)15-22(19,20)14-7-6-13(10-12(14)3)16-8-4-5-9-21(16,17)18/h6-7,10-11,15H,4-5,8-9H2,1-3H3. The monoisotopic (exact) mass is 346 g/mol. The third-order valence-corrected chi connectivity index (χ3v) is 7.16. The lowest BCUT2D eigenvalue weighted by Crippen LogP contribution is -2.38. The maximum absolute atomic E-state index is 12.2. The highest BCUT2D eigenvalue weighted by atomic mass is 32.2. The van der Waals surface area contributed by atoms with Gasteiger partial charge in [0.15, 0.2) is 0 Å². The lowest BCUT2D eigenvalue weighted by Gasteiger charge is -2.28. The molecule has 0 spiro atoms. The first-order valence-corrected chi connectivity index (χ1v) is 10.4. The van der Waals surface area contributed by atoms with E-state index in [1.165, 1.54) is 10.4 Å². The summed E-state index contributed by atoms with van der Waals surface area (Å²) in [6, 6.07) is 4.45. The van der Waals surface area contributed by atoms with Crippen molar-refractivity contribution in [2.45, 2.75) is 44.6 Å². The Morgan fingerprint density at radius 2 is 1.91 bits per heavy atom. The Kier molecular flexibility index (Phi) is 4.84. The molecule has 124 valence electrons. The number of nitrogens with zero attached hydrogens (tertiary/aromatic N) is 1. The summed E-state index contributed by atoms with van der Waals surface area (Å²) < 4.78 is 52.6. The van der Waals surface area contributed by atoms with Crippen LogP contribution in [-0.4, -0.2) is 35.2 Å². The number of aryl methyl sites for hydroxylation is 1. The molecule has 22 heavy (non-hydrogen) atoms. The Hall–Kier alpha value is -1.12. The molecule has 1 aromatic rings. The molecule has 0 radical (unpaired) electrons. The lowest BCUT2D eigenvalue weighted by molar-refractivity contribution is 0.569. The molecule has 1 aliphatic rings. The maximum Gasteiger partial charge on any atom is 0.241 e. The predicted octanol–water partition coefficient (Wildman–Crippen LogP) is 1.61. The van der Waals surface area contributed by atoms with Crippen molar-refractivity contribution in [3.05, 3.63) is 23.8 Å². The first kappa shape index (κ1) is 17.2. The lowest BCUT2D eigenvalue weighted by atomic mass is 10.2. The molecule has 8 heteroatoms. The molecule has 0 atom stereocenters. The quantitative estimate of drug-likeness (QED) is 0.898. The third-order valence-electron chi connectivity index (χ3n) is 3.48. The largest absolute Gasteiger partial charge is 0.270 e. The fraction of sp³-hybridized carbons (Fsp3) is 0.571. The molecule has 0 aliphatic carbocycles. The second-order valence-electron chi connectivity index (χ2n) is 5.82. The normalized spacial score (nSPS) is 18.6. The van der Waals surface area contributed by atoms with Gasteiger partial charge in [0.25, 0.3) is 0 Å². The number of rotatable bonds is 4. The zero-order chi connectivity index (χ0) is 16.5. The smallest absolute Gasteiger partial charge is 0.241 e. The van der Waals surface area contributed by atoms with Crippen molar-refractivity contribution in [2.24, 2.45) is 0 Å². The predicted molar refractivity (Wildman–Crippen MR) is 87.0 cm³/mol. The molecule has 0 amide bonds. The van der Waals surface area contributed by atoms with E-state index in [0.29, 0.717) is 24.2 Å². The van der Waals surface area contributed by atoms with Gasteiger partial charge >= 0.3 is 0 Å². The van der Waals surface area contributed by atoms with Crippen LogP contribution >= 0.6 is 0 Å².